The molecule has 1 aliphatic heterocycles. The minimum atomic E-state index is -3.49. The Morgan fingerprint density at radius 2 is 2.18 bits per heavy atom. The fraction of sp³-hybridized carbons (Fsp3) is 0. The molecule has 0 aromatic carbocycles. The molecular formula is C5H5NO4S. The second kappa shape index (κ2) is 2.39. The number of hydrogen-bond donors (Lipinski definition) is 2. The summed E-state index contributed by atoms with van der Waals surface area (Å²) in [6, 6.07) is 0. The topological polar surface area (TPSA) is 83.5 Å². The number of nitrogens with one attached hydrogen (secondary N) is 1. The molecule has 6 heteroatoms. The van der Waals surface area contributed by atoms with Gasteiger partial charge < -0.3 is 5.11 Å². The summed E-state index contributed by atoms with van der Waals surface area (Å²) in [5, 5.41) is 10.5. The van der Waals surface area contributed by atoms with E-state index in [2.05, 4.69) is 0 Å². The van der Waals surface area contributed by atoms with Crippen LogP contribution in [0, 0.1) is 0 Å². The average Bonchev–Trinajstić information content (AvgIpc) is 2.10. The molecule has 0 saturated carbocycles. The van der Waals surface area contributed by atoms with Gasteiger partial charge in [-0.15, -0.1) is 0 Å². The highest BCUT2D eigenvalue weighted by Crippen LogP contribution is 2.12. The summed E-state index contributed by atoms with van der Waals surface area (Å²) in [4.78, 5) is 10.00. The SMILES string of the molecule is O=C(O)NC1=CC=CS1(=O)=O. The summed E-state index contributed by atoms with van der Waals surface area (Å²) < 4.78 is 21.6. The Kier molecular flexibility index (Phi) is 1.69. The molecule has 11 heavy (non-hydrogen) atoms. The van der Waals surface area contributed by atoms with Crippen molar-refractivity contribution >= 4 is 15.9 Å². The molecular weight excluding hydrogens is 170 g/mol. The van der Waals surface area contributed by atoms with Crippen molar-refractivity contribution in [3.8, 4) is 0 Å². The summed E-state index contributed by atoms with van der Waals surface area (Å²) in [7, 11) is -3.49. The fourth-order valence-electron chi connectivity index (χ4n) is 0.616. The Labute approximate surface area is 62.9 Å². The van der Waals surface area contributed by atoms with Gasteiger partial charge in [0, 0.05) is 5.41 Å². The molecule has 0 atom stereocenters. The quantitative estimate of drug-likeness (QED) is 0.589. The molecule has 0 bridgehead atoms. The molecule has 0 aromatic rings. The highest BCUT2D eigenvalue weighted by molar-refractivity contribution is 7.98. The molecule has 0 aromatic heterocycles. The Morgan fingerprint density at radius 1 is 1.55 bits per heavy atom. The van der Waals surface area contributed by atoms with Crippen LogP contribution >= 0.6 is 0 Å². The summed E-state index contributed by atoms with van der Waals surface area (Å²) in [6.45, 7) is 0. The van der Waals surface area contributed by atoms with Crippen LogP contribution in [0.5, 0.6) is 0 Å². The third-order valence-electron chi connectivity index (χ3n) is 1.04. The van der Waals surface area contributed by atoms with Gasteiger partial charge in [-0.2, -0.15) is 0 Å². The van der Waals surface area contributed by atoms with Crippen LogP contribution in [0.1, 0.15) is 0 Å². The van der Waals surface area contributed by atoms with Gasteiger partial charge in [-0.1, -0.05) is 0 Å². The van der Waals surface area contributed by atoms with Gasteiger partial charge in [0.15, 0.2) is 0 Å². The minimum absolute atomic E-state index is 0.301. The van der Waals surface area contributed by atoms with E-state index in [0.29, 0.717) is 0 Å². The zero-order chi connectivity index (χ0) is 8.48. The second-order valence-corrected chi connectivity index (χ2v) is 3.64. The lowest BCUT2D eigenvalue weighted by Crippen LogP contribution is -2.23. The van der Waals surface area contributed by atoms with Crippen molar-refractivity contribution in [3.05, 3.63) is 22.6 Å². The molecule has 1 rings (SSSR count). The smallest absolute Gasteiger partial charge is 0.409 e. The van der Waals surface area contributed by atoms with Gasteiger partial charge in [-0.05, 0) is 12.2 Å². The van der Waals surface area contributed by atoms with E-state index < -0.39 is 15.9 Å². The van der Waals surface area contributed by atoms with Crippen molar-refractivity contribution in [2.45, 2.75) is 0 Å². The van der Waals surface area contributed by atoms with Crippen LogP contribution in [0.2, 0.25) is 0 Å². The monoisotopic (exact) mass is 175 g/mol. The first-order chi connectivity index (χ1) is 5.02. The third-order valence-corrected chi connectivity index (χ3v) is 2.41. The lowest BCUT2D eigenvalue weighted by Gasteiger charge is -1.98. The maximum Gasteiger partial charge on any atom is 0.409 e. The van der Waals surface area contributed by atoms with E-state index in [4.69, 9.17) is 5.11 Å². The lowest BCUT2D eigenvalue weighted by molar-refractivity contribution is 0.198. The minimum Gasteiger partial charge on any atom is -0.465 e. The predicted molar refractivity (Wildman–Crippen MR) is 37.3 cm³/mol. The summed E-state index contributed by atoms with van der Waals surface area (Å²) >= 11 is 0. The van der Waals surface area contributed by atoms with Crippen LogP contribution in [0.4, 0.5) is 4.79 Å². The molecule has 0 aliphatic carbocycles. The summed E-state index contributed by atoms with van der Waals surface area (Å²) in [5.74, 6) is 0. The van der Waals surface area contributed by atoms with Gasteiger partial charge >= 0.3 is 6.09 Å². The van der Waals surface area contributed by atoms with Crippen molar-refractivity contribution in [2.24, 2.45) is 0 Å². The zero-order valence-electron chi connectivity index (χ0n) is 5.31. The molecule has 0 saturated heterocycles. The number of allylic oxidation sites excluding steroid dienone is 2. The van der Waals surface area contributed by atoms with E-state index in [-0.39, 0.29) is 5.03 Å². The number of rotatable bonds is 1. The first-order valence-electron chi connectivity index (χ1n) is 2.66. The van der Waals surface area contributed by atoms with Crippen molar-refractivity contribution in [1.29, 1.82) is 0 Å². The van der Waals surface area contributed by atoms with E-state index >= 15 is 0 Å². The van der Waals surface area contributed by atoms with Gasteiger partial charge in [0.05, 0.1) is 0 Å². The number of sulfone groups is 1. The van der Waals surface area contributed by atoms with Crippen LogP contribution in [0.25, 0.3) is 0 Å². The zero-order valence-corrected chi connectivity index (χ0v) is 6.13. The molecule has 0 spiro atoms. The van der Waals surface area contributed by atoms with Gasteiger partial charge in [0.1, 0.15) is 5.03 Å². The molecule has 0 radical (unpaired) electrons. The largest absolute Gasteiger partial charge is 0.465 e. The van der Waals surface area contributed by atoms with Crippen LogP contribution < -0.4 is 5.32 Å². The molecule has 2 N–H and O–H groups in total. The molecule has 60 valence electrons. The molecule has 0 unspecified atom stereocenters. The summed E-state index contributed by atoms with van der Waals surface area (Å²) in [5.41, 5.74) is 0. The Bertz CT molecular complexity index is 337. The van der Waals surface area contributed by atoms with E-state index in [9.17, 15) is 13.2 Å². The lowest BCUT2D eigenvalue weighted by atomic mass is 10.6. The van der Waals surface area contributed by atoms with Crippen molar-refractivity contribution < 1.29 is 18.3 Å². The number of carboxylic acid groups (broad SMARTS) is 1. The van der Waals surface area contributed by atoms with E-state index in [0.717, 1.165) is 5.41 Å². The average molecular weight is 175 g/mol. The Hall–Kier alpha value is -1.30. The normalized spacial score (nSPS) is 19.5. The van der Waals surface area contributed by atoms with Gasteiger partial charge in [0.2, 0.25) is 9.84 Å². The second-order valence-electron chi connectivity index (χ2n) is 1.83. The Morgan fingerprint density at radius 3 is 2.55 bits per heavy atom. The summed E-state index contributed by atoms with van der Waals surface area (Å²) in [6.07, 6.45) is 1.06. The van der Waals surface area contributed by atoms with E-state index in [1.165, 1.54) is 12.2 Å². The van der Waals surface area contributed by atoms with Gasteiger partial charge in [0.25, 0.3) is 0 Å². The first kappa shape index (κ1) is 7.80. The third kappa shape index (κ3) is 1.58. The maximum atomic E-state index is 10.8. The standard InChI is InChI=1S/C5H5NO4S/c7-5(8)6-4-2-1-3-11(4,9)10/h1-3,6H,(H,7,8). The van der Waals surface area contributed by atoms with Crippen LogP contribution in [0.15, 0.2) is 22.6 Å². The predicted octanol–water partition coefficient (Wildman–Crippen LogP) is 0.0375. The van der Waals surface area contributed by atoms with E-state index in [1.807, 2.05) is 0 Å². The van der Waals surface area contributed by atoms with Crippen molar-refractivity contribution in [2.75, 3.05) is 0 Å². The highest BCUT2D eigenvalue weighted by atomic mass is 32.2. The van der Waals surface area contributed by atoms with Crippen LogP contribution in [0.3, 0.4) is 0 Å². The molecule has 1 heterocycles. The van der Waals surface area contributed by atoms with Crippen LogP contribution in [-0.2, 0) is 9.84 Å². The maximum absolute atomic E-state index is 10.8. The number of carbonyl (C=O) groups is 1. The molecule has 0 fully saturated rings. The van der Waals surface area contributed by atoms with Gasteiger partial charge in [-0.25, -0.2) is 13.2 Å². The highest BCUT2D eigenvalue weighted by Gasteiger charge is 2.19. The number of amides is 1. The molecule has 1 aliphatic rings. The fourth-order valence-corrected chi connectivity index (χ4v) is 1.55. The van der Waals surface area contributed by atoms with Gasteiger partial charge in [-0.3, -0.25) is 5.32 Å². The van der Waals surface area contributed by atoms with Crippen molar-refractivity contribution in [3.63, 3.8) is 0 Å². The van der Waals surface area contributed by atoms with E-state index in [1.54, 1.807) is 5.32 Å². The molecule has 1 amide bonds. The van der Waals surface area contributed by atoms with Crippen LogP contribution in [-0.4, -0.2) is 19.6 Å². The first-order valence-corrected chi connectivity index (χ1v) is 4.20. The van der Waals surface area contributed by atoms with Crippen molar-refractivity contribution in [1.82, 2.24) is 5.32 Å². The molecule has 5 nitrogen and oxygen atoms in total. The number of hydrogen-bond acceptors (Lipinski definition) is 3. The Balaban J connectivity index is 2.87.